The molecule has 0 radical (unpaired) electrons. The number of carbonyl (C=O) groups is 1. The Kier molecular flexibility index (Phi) is 7.34. The van der Waals surface area contributed by atoms with E-state index in [0.717, 1.165) is 31.4 Å². The Morgan fingerprint density at radius 3 is 2.36 bits per heavy atom. The van der Waals surface area contributed by atoms with E-state index in [1.165, 1.54) is 6.42 Å². The molecule has 0 rings (SSSR count). The van der Waals surface area contributed by atoms with Gasteiger partial charge in [-0.25, -0.2) is 0 Å². The zero-order chi connectivity index (χ0) is 11.0. The summed E-state index contributed by atoms with van der Waals surface area (Å²) in [5, 5.41) is 0. The molecule has 1 nitrogen and oxygen atoms in total. The second kappa shape index (κ2) is 7.33. The van der Waals surface area contributed by atoms with Gasteiger partial charge in [0, 0.05) is 17.6 Å². The highest BCUT2D eigenvalue weighted by atomic mass is 32.2. The molecule has 0 aromatic heterocycles. The van der Waals surface area contributed by atoms with Gasteiger partial charge in [-0.2, -0.15) is 11.8 Å². The number of Topliss-reactive ketones (excluding diaryl/α,β-unsaturated/α-hetero) is 1. The molecule has 0 N–H and O–H groups in total. The topological polar surface area (TPSA) is 17.1 Å². The normalized spacial score (nSPS) is 11.7. The first-order valence-electron chi connectivity index (χ1n) is 5.67. The molecule has 0 aliphatic rings. The average molecular weight is 216 g/mol. The molecule has 0 amide bonds. The first-order chi connectivity index (χ1) is 6.52. The van der Waals surface area contributed by atoms with E-state index in [1.54, 1.807) is 0 Å². The van der Waals surface area contributed by atoms with Crippen molar-refractivity contribution in [1.82, 2.24) is 0 Å². The quantitative estimate of drug-likeness (QED) is 0.608. The van der Waals surface area contributed by atoms with Crippen LogP contribution in [-0.4, -0.2) is 16.3 Å². The van der Waals surface area contributed by atoms with Crippen molar-refractivity contribution in [3.63, 3.8) is 0 Å². The summed E-state index contributed by atoms with van der Waals surface area (Å²) in [5.74, 6) is 1.59. The third-order valence-corrected chi connectivity index (χ3v) is 3.67. The first kappa shape index (κ1) is 14.0. The van der Waals surface area contributed by atoms with Crippen LogP contribution in [0, 0.1) is 0 Å². The van der Waals surface area contributed by atoms with Crippen LogP contribution in [0.15, 0.2) is 0 Å². The predicted molar refractivity (Wildman–Crippen MR) is 66.0 cm³/mol. The number of carbonyl (C=O) groups excluding carboxylic acids is 1. The zero-order valence-corrected chi connectivity index (χ0v) is 10.9. The van der Waals surface area contributed by atoms with Crippen molar-refractivity contribution < 1.29 is 4.79 Å². The van der Waals surface area contributed by atoms with E-state index in [4.69, 9.17) is 0 Å². The Labute approximate surface area is 93.0 Å². The summed E-state index contributed by atoms with van der Waals surface area (Å²) < 4.78 is 0.140. The van der Waals surface area contributed by atoms with Gasteiger partial charge in [0.25, 0.3) is 0 Å². The Morgan fingerprint density at radius 1 is 1.21 bits per heavy atom. The summed E-state index contributed by atoms with van der Waals surface area (Å²) in [6.07, 6.45) is 4.86. The van der Waals surface area contributed by atoms with E-state index < -0.39 is 0 Å². The molecule has 0 saturated heterocycles. The molecule has 0 saturated carbocycles. The summed E-state index contributed by atoms with van der Waals surface area (Å²) in [6.45, 7) is 8.67. The third-order valence-electron chi connectivity index (χ3n) is 2.13. The largest absolute Gasteiger partial charge is 0.300 e. The van der Waals surface area contributed by atoms with Crippen molar-refractivity contribution in [3.05, 3.63) is 0 Å². The summed E-state index contributed by atoms with van der Waals surface area (Å²) in [4.78, 5) is 11.6. The highest BCUT2D eigenvalue weighted by molar-refractivity contribution is 8.00. The summed E-state index contributed by atoms with van der Waals surface area (Å²) >= 11 is 1.92. The van der Waals surface area contributed by atoms with Gasteiger partial charge in [0.05, 0.1) is 0 Å². The number of unbranched alkanes of at least 4 members (excludes halogenated alkanes) is 1. The van der Waals surface area contributed by atoms with Gasteiger partial charge in [0.1, 0.15) is 5.78 Å². The molecule has 0 atom stereocenters. The van der Waals surface area contributed by atoms with Gasteiger partial charge in [-0.15, -0.1) is 0 Å². The Morgan fingerprint density at radius 2 is 1.86 bits per heavy atom. The monoisotopic (exact) mass is 216 g/mol. The Hall–Kier alpha value is 0.0200. The van der Waals surface area contributed by atoms with E-state index >= 15 is 0 Å². The van der Waals surface area contributed by atoms with Crippen molar-refractivity contribution in [2.75, 3.05) is 5.75 Å². The van der Waals surface area contributed by atoms with Gasteiger partial charge in [0.15, 0.2) is 0 Å². The SMILES string of the molecule is CCCCC(=O)CC(C)(C)SCCC. The van der Waals surface area contributed by atoms with Crippen LogP contribution < -0.4 is 0 Å². The molecule has 0 aliphatic heterocycles. The fraction of sp³-hybridized carbons (Fsp3) is 0.917. The number of thioether (sulfide) groups is 1. The summed E-state index contributed by atoms with van der Waals surface area (Å²) in [7, 11) is 0. The van der Waals surface area contributed by atoms with Crippen molar-refractivity contribution in [2.45, 2.75) is 64.5 Å². The first-order valence-corrected chi connectivity index (χ1v) is 6.66. The minimum absolute atomic E-state index is 0.140. The lowest BCUT2D eigenvalue weighted by Gasteiger charge is -2.22. The van der Waals surface area contributed by atoms with Gasteiger partial charge in [-0.1, -0.05) is 34.1 Å². The molecule has 0 unspecified atom stereocenters. The molecule has 0 aromatic rings. The lowest BCUT2D eigenvalue weighted by atomic mass is 10.0. The van der Waals surface area contributed by atoms with Crippen LogP contribution >= 0.6 is 11.8 Å². The van der Waals surface area contributed by atoms with Crippen LogP contribution in [0.5, 0.6) is 0 Å². The van der Waals surface area contributed by atoms with Gasteiger partial charge in [-0.3, -0.25) is 4.79 Å². The highest BCUT2D eigenvalue weighted by Crippen LogP contribution is 2.29. The predicted octanol–water partition coefficient (Wildman–Crippen LogP) is 4.06. The molecule has 0 aliphatic carbocycles. The van der Waals surface area contributed by atoms with Gasteiger partial charge >= 0.3 is 0 Å². The van der Waals surface area contributed by atoms with Crippen LogP contribution in [0.1, 0.15) is 59.8 Å². The van der Waals surface area contributed by atoms with E-state index in [0.29, 0.717) is 5.78 Å². The van der Waals surface area contributed by atoms with Crippen LogP contribution in [0.25, 0.3) is 0 Å². The fourth-order valence-electron chi connectivity index (χ4n) is 1.37. The van der Waals surface area contributed by atoms with Crippen LogP contribution in [0.4, 0.5) is 0 Å². The number of rotatable bonds is 8. The van der Waals surface area contributed by atoms with Crippen LogP contribution in [-0.2, 0) is 4.79 Å². The summed E-state index contributed by atoms with van der Waals surface area (Å²) in [5.41, 5.74) is 0. The fourth-order valence-corrected chi connectivity index (χ4v) is 2.39. The van der Waals surface area contributed by atoms with E-state index in [9.17, 15) is 4.79 Å². The molecular formula is C12H24OS. The molecule has 84 valence electrons. The Bertz CT molecular complexity index is 164. The van der Waals surface area contributed by atoms with Crippen molar-refractivity contribution in [1.29, 1.82) is 0 Å². The average Bonchev–Trinajstić information content (AvgIpc) is 2.11. The highest BCUT2D eigenvalue weighted by Gasteiger charge is 2.21. The third kappa shape index (κ3) is 7.43. The lowest BCUT2D eigenvalue weighted by Crippen LogP contribution is -2.20. The Balaban J connectivity index is 3.76. The molecule has 0 heterocycles. The van der Waals surface area contributed by atoms with E-state index in [2.05, 4.69) is 27.7 Å². The molecule has 0 bridgehead atoms. The minimum Gasteiger partial charge on any atom is -0.300 e. The molecular weight excluding hydrogens is 192 g/mol. The number of hydrogen-bond donors (Lipinski definition) is 0. The van der Waals surface area contributed by atoms with E-state index in [-0.39, 0.29) is 4.75 Å². The molecule has 0 aromatic carbocycles. The molecule has 2 heteroatoms. The minimum atomic E-state index is 0.140. The number of ketones is 1. The molecule has 14 heavy (non-hydrogen) atoms. The zero-order valence-electron chi connectivity index (χ0n) is 10.1. The summed E-state index contributed by atoms with van der Waals surface area (Å²) in [6, 6.07) is 0. The molecule has 0 spiro atoms. The maximum absolute atomic E-state index is 11.6. The smallest absolute Gasteiger partial charge is 0.134 e. The maximum Gasteiger partial charge on any atom is 0.134 e. The van der Waals surface area contributed by atoms with Crippen molar-refractivity contribution >= 4 is 17.5 Å². The standard InChI is InChI=1S/C12H24OS/c1-5-7-8-11(13)10-12(3,4)14-9-6-2/h5-10H2,1-4H3. The van der Waals surface area contributed by atoms with Crippen LogP contribution in [0.2, 0.25) is 0 Å². The van der Waals surface area contributed by atoms with Crippen LogP contribution in [0.3, 0.4) is 0 Å². The second-order valence-corrected chi connectivity index (χ2v) is 6.23. The van der Waals surface area contributed by atoms with Gasteiger partial charge in [0.2, 0.25) is 0 Å². The van der Waals surface area contributed by atoms with Crippen molar-refractivity contribution in [2.24, 2.45) is 0 Å². The van der Waals surface area contributed by atoms with Crippen molar-refractivity contribution in [3.8, 4) is 0 Å². The van der Waals surface area contributed by atoms with Gasteiger partial charge in [-0.05, 0) is 18.6 Å². The maximum atomic E-state index is 11.6. The lowest BCUT2D eigenvalue weighted by molar-refractivity contribution is -0.119. The number of hydrogen-bond acceptors (Lipinski definition) is 2. The molecule has 0 fully saturated rings. The second-order valence-electron chi connectivity index (χ2n) is 4.43. The van der Waals surface area contributed by atoms with E-state index in [1.807, 2.05) is 11.8 Å². The van der Waals surface area contributed by atoms with Gasteiger partial charge < -0.3 is 0 Å².